The standard InChI is InChI=1S/C11H10N6O2/c1-5(18)14-10-8-3-7(4-12)9(13)15-11(8)17(16-10)6(2)19/h3H,1-2H3,(H2,13,15)(H,14,16,18). The van der Waals surface area contributed by atoms with Crippen LogP contribution < -0.4 is 11.1 Å². The number of hydrogen-bond donors (Lipinski definition) is 2. The number of nitriles is 1. The first-order valence-corrected chi connectivity index (χ1v) is 5.32. The maximum Gasteiger partial charge on any atom is 0.245 e. The number of carbonyl (C=O) groups excluding carboxylic acids is 2. The number of aromatic nitrogens is 3. The number of nitrogen functional groups attached to an aromatic ring is 1. The number of nitrogens with zero attached hydrogens (tertiary/aromatic N) is 4. The van der Waals surface area contributed by atoms with Gasteiger partial charge in [-0.15, -0.1) is 5.10 Å². The van der Waals surface area contributed by atoms with Gasteiger partial charge < -0.3 is 11.1 Å². The molecule has 0 aliphatic carbocycles. The van der Waals surface area contributed by atoms with Crippen molar-refractivity contribution in [2.24, 2.45) is 0 Å². The second-order valence-corrected chi connectivity index (χ2v) is 3.86. The SMILES string of the molecule is CC(=O)Nc1nn(C(C)=O)c2nc(N)c(C#N)cc12. The summed E-state index contributed by atoms with van der Waals surface area (Å²) in [4.78, 5) is 26.5. The van der Waals surface area contributed by atoms with Crippen LogP contribution >= 0.6 is 0 Å². The maximum absolute atomic E-state index is 11.5. The molecule has 0 spiro atoms. The first-order valence-electron chi connectivity index (χ1n) is 5.32. The molecule has 0 unspecified atom stereocenters. The molecular formula is C11H10N6O2. The third-order valence-corrected chi connectivity index (χ3v) is 2.40. The van der Waals surface area contributed by atoms with Gasteiger partial charge in [0.2, 0.25) is 11.8 Å². The molecule has 2 rings (SSSR count). The number of nitrogens with two attached hydrogens (primary N) is 1. The normalized spacial score (nSPS) is 10.2. The highest BCUT2D eigenvalue weighted by molar-refractivity contribution is 6.01. The predicted octanol–water partition coefficient (Wildman–Crippen LogP) is 0.504. The minimum atomic E-state index is -0.377. The molecule has 2 aromatic heterocycles. The predicted molar refractivity (Wildman–Crippen MR) is 67.3 cm³/mol. The zero-order valence-corrected chi connectivity index (χ0v) is 10.3. The number of fused-ring (bicyclic) bond motifs is 1. The Morgan fingerprint density at radius 1 is 1.47 bits per heavy atom. The molecule has 0 saturated carbocycles. The molecule has 0 aromatic carbocycles. The van der Waals surface area contributed by atoms with Crippen LogP contribution in [0.25, 0.3) is 11.0 Å². The average Bonchev–Trinajstić information content (AvgIpc) is 2.65. The minimum Gasteiger partial charge on any atom is -0.383 e. The maximum atomic E-state index is 11.5. The molecule has 0 radical (unpaired) electrons. The van der Waals surface area contributed by atoms with Crippen LogP contribution in [0.3, 0.4) is 0 Å². The van der Waals surface area contributed by atoms with Crippen molar-refractivity contribution in [3.63, 3.8) is 0 Å². The van der Waals surface area contributed by atoms with E-state index in [2.05, 4.69) is 15.4 Å². The Morgan fingerprint density at radius 2 is 2.16 bits per heavy atom. The summed E-state index contributed by atoms with van der Waals surface area (Å²) >= 11 is 0. The Bertz CT molecular complexity index is 740. The van der Waals surface area contributed by atoms with Gasteiger partial charge >= 0.3 is 0 Å². The quantitative estimate of drug-likeness (QED) is 0.766. The molecule has 8 heteroatoms. The van der Waals surface area contributed by atoms with E-state index < -0.39 is 0 Å². The van der Waals surface area contributed by atoms with E-state index in [4.69, 9.17) is 11.0 Å². The van der Waals surface area contributed by atoms with Gasteiger partial charge in [-0.2, -0.15) is 9.94 Å². The molecule has 2 heterocycles. The van der Waals surface area contributed by atoms with E-state index in [1.165, 1.54) is 19.9 Å². The molecule has 1 amide bonds. The molecule has 2 aromatic rings. The van der Waals surface area contributed by atoms with Crippen molar-refractivity contribution in [3.05, 3.63) is 11.6 Å². The average molecular weight is 258 g/mol. The second-order valence-electron chi connectivity index (χ2n) is 3.86. The number of anilines is 2. The topological polar surface area (TPSA) is 127 Å². The summed E-state index contributed by atoms with van der Waals surface area (Å²) in [5, 5.41) is 15.7. The summed E-state index contributed by atoms with van der Waals surface area (Å²) in [6.45, 7) is 2.62. The zero-order valence-electron chi connectivity index (χ0n) is 10.3. The highest BCUT2D eigenvalue weighted by Crippen LogP contribution is 2.24. The Labute approximate surface area is 107 Å². The van der Waals surface area contributed by atoms with Crippen molar-refractivity contribution >= 4 is 34.5 Å². The van der Waals surface area contributed by atoms with Crippen molar-refractivity contribution in [1.29, 1.82) is 5.26 Å². The van der Waals surface area contributed by atoms with Gasteiger partial charge in [0.1, 0.15) is 11.9 Å². The lowest BCUT2D eigenvalue weighted by Gasteiger charge is -1.99. The molecular weight excluding hydrogens is 248 g/mol. The number of amides is 1. The number of carbonyl (C=O) groups is 2. The van der Waals surface area contributed by atoms with Gasteiger partial charge in [-0.1, -0.05) is 0 Å². The Kier molecular flexibility index (Phi) is 2.88. The van der Waals surface area contributed by atoms with E-state index in [0.29, 0.717) is 5.39 Å². The number of rotatable bonds is 1. The fourth-order valence-corrected chi connectivity index (χ4v) is 1.62. The van der Waals surface area contributed by atoms with E-state index >= 15 is 0 Å². The van der Waals surface area contributed by atoms with Crippen LogP contribution in [0, 0.1) is 11.3 Å². The van der Waals surface area contributed by atoms with E-state index in [1.54, 1.807) is 0 Å². The summed E-state index contributed by atoms with van der Waals surface area (Å²) in [5.41, 5.74) is 5.96. The van der Waals surface area contributed by atoms with Crippen LogP contribution in [0.1, 0.15) is 24.2 Å². The number of nitrogens with one attached hydrogen (secondary N) is 1. The summed E-state index contributed by atoms with van der Waals surface area (Å²) < 4.78 is 1.03. The lowest BCUT2D eigenvalue weighted by molar-refractivity contribution is -0.114. The molecule has 0 fully saturated rings. The second kappa shape index (κ2) is 4.38. The number of hydrogen-bond acceptors (Lipinski definition) is 6. The van der Waals surface area contributed by atoms with Gasteiger partial charge in [0.25, 0.3) is 0 Å². The van der Waals surface area contributed by atoms with Gasteiger partial charge in [-0.05, 0) is 6.07 Å². The van der Waals surface area contributed by atoms with E-state index in [9.17, 15) is 9.59 Å². The van der Waals surface area contributed by atoms with Crippen molar-refractivity contribution in [3.8, 4) is 6.07 Å². The van der Waals surface area contributed by atoms with Crippen molar-refractivity contribution < 1.29 is 9.59 Å². The van der Waals surface area contributed by atoms with Crippen LogP contribution in [0.2, 0.25) is 0 Å². The molecule has 96 valence electrons. The van der Waals surface area contributed by atoms with Gasteiger partial charge in [0.15, 0.2) is 11.5 Å². The third kappa shape index (κ3) is 2.09. The van der Waals surface area contributed by atoms with Crippen LogP contribution in [-0.2, 0) is 4.79 Å². The summed E-state index contributed by atoms with van der Waals surface area (Å²) in [5.74, 6) is -0.544. The zero-order chi connectivity index (χ0) is 14.2. The summed E-state index contributed by atoms with van der Waals surface area (Å²) in [7, 11) is 0. The minimum absolute atomic E-state index is 0.00627. The Hall–Kier alpha value is -2.95. The number of pyridine rings is 1. The molecule has 0 aliphatic rings. The smallest absolute Gasteiger partial charge is 0.245 e. The molecule has 8 nitrogen and oxygen atoms in total. The molecule has 0 aliphatic heterocycles. The Balaban J connectivity index is 2.80. The Morgan fingerprint density at radius 3 is 2.68 bits per heavy atom. The van der Waals surface area contributed by atoms with E-state index in [0.717, 1.165) is 4.68 Å². The lowest BCUT2D eigenvalue weighted by Crippen LogP contribution is -2.10. The van der Waals surface area contributed by atoms with Crippen LogP contribution in [0.4, 0.5) is 11.6 Å². The van der Waals surface area contributed by atoms with Gasteiger partial charge in [0, 0.05) is 13.8 Å². The van der Waals surface area contributed by atoms with Crippen LogP contribution in [0.15, 0.2) is 6.07 Å². The largest absolute Gasteiger partial charge is 0.383 e. The molecule has 0 bridgehead atoms. The first kappa shape index (κ1) is 12.5. The highest BCUT2D eigenvalue weighted by atomic mass is 16.2. The molecule has 0 atom stereocenters. The summed E-state index contributed by atoms with van der Waals surface area (Å²) in [6, 6.07) is 3.32. The lowest BCUT2D eigenvalue weighted by atomic mass is 10.2. The van der Waals surface area contributed by atoms with Gasteiger partial charge in [-0.3, -0.25) is 9.59 Å². The van der Waals surface area contributed by atoms with Crippen LogP contribution in [-0.4, -0.2) is 26.6 Å². The van der Waals surface area contributed by atoms with Gasteiger partial charge in [0.05, 0.1) is 10.9 Å². The monoisotopic (exact) mass is 258 g/mol. The van der Waals surface area contributed by atoms with E-state index in [-0.39, 0.29) is 34.7 Å². The summed E-state index contributed by atoms with van der Waals surface area (Å²) in [6.07, 6.45) is 0. The van der Waals surface area contributed by atoms with E-state index in [1.807, 2.05) is 6.07 Å². The third-order valence-electron chi connectivity index (χ3n) is 2.40. The fraction of sp³-hybridized carbons (Fsp3) is 0.182. The highest BCUT2D eigenvalue weighted by Gasteiger charge is 2.17. The van der Waals surface area contributed by atoms with Gasteiger partial charge in [-0.25, -0.2) is 4.98 Å². The van der Waals surface area contributed by atoms with Crippen molar-refractivity contribution in [1.82, 2.24) is 14.8 Å². The fourth-order valence-electron chi connectivity index (χ4n) is 1.62. The van der Waals surface area contributed by atoms with Crippen molar-refractivity contribution in [2.75, 3.05) is 11.1 Å². The van der Waals surface area contributed by atoms with Crippen LogP contribution in [0.5, 0.6) is 0 Å². The first-order chi connectivity index (χ1) is 8.93. The van der Waals surface area contributed by atoms with Crippen molar-refractivity contribution in [2.45, 2.75) is 13.8 Å². The molecule has 0 saturated heterocycles. The molecule has 19 heavy (non-hydrogen) atoms. The molecule has 3 N–H and O–H groups in total.